The Labute approximate surface area is 153 Å². The van der Waals surface area contributed by atoms with Crippen molar-refractivity contribution in [2.24, 2.45) is 5.92 Å². The fourth-order valence-electron chi connectivity index (χ4n) is 3.61. The number of benzene rings is 1. The van der Waals surface area contributed by atoms with E-state index in [0.717, 1.165) is 18.4 Å². The Hall–Kier alpha value is -2.82. The molecule has 2 aromatic rings. The minimum atomic E-state index is -0.0811. The molecule has 1 aromatic heterocycles. The molecule has 0 fully saturated rings. The third kappa shape index (κ3) is 3.43. The molecule has 5 nitrogen and oxygen atoms in total. The second kappa shape index (κ2) is 7.20. The highest BCUT2D eigenvalue weighted by atomic mass is 16.5. The number of phenols is 2. The van der Waals surface area contributed by atoms with Gasteiger partial charge < -0.3 is 14.9 Å². The maximum atomic E-state index is 10.7. The van der Waals surface area contributed by atoms with Crippen molar-refractivity contribution >= 4 is 0 Å². The van der Waals surface area contributed by atoms with Crippen LogP contribution in [0.4, 0.5) is 0 Å². The predicted octanol–water partition coefficient (Wildman–Crippen LogP) is 4.58. The number of rotatable bonds is 4. The summed E-state index contributed by atoms with van der Waals surface area (Å²) in [5, 5.41) is 21.4. The largest absolute Gasteiger partial charge is 0.507 e. The molecule has 0 amide bonds. The Bertz CT molecular complexity index is 833. The quantitative estimate of drug-likeness (QED) is 0.788. The lowest BCUT2D eigenvalue weighted by molar-refractivity contribution is 0.380. The third-order valence-electron chi connectivity index (χ3n) is 4.99. The van der Waals surface area contributed by atoms with Crippen LogP contribution in [-0.2, 0) is 0 Å². The number of aromatic nitrogens is 2. The Balaban J connectivity index is 2.03. The number of nitrogens with zero attached hydrogens (tertiary/aromatic N) is 2. The molecule has 0 radical (unpaired) electrons. The molecule has 136 valence electrons. The molecule has 1 aliphatic carbocycles. The van der Waals surface area contributed by atoms with Gasteiger partial charge in [0.25, 0.3) is 0 Å². The van der Waals surface area contributed by atoms with E-state index in [4.69, 9.17) is 4.74 Å². The number of hydrogen-bond acceptors (Lipinski definition) is 5. The minimum absolute atomic E-state index is 0.0676. The van der Waals surface area contributed by atoms with E-state index in [-0.39, 0.29) is 29.3 Å². The number of allylic oxidation sites excluding steroid dienone is 3. The van der Waals surface area contributed by atoms with Crippen LogP contribution in [0.1, 0.15) is 38.2 Å². The van der Waals surface area contributed by atoms with Crippen molar-refractivity contribution in [3.8, 4) is 28.6 Å². The molecule has 0 saturated carbocycles. The summed E-state index contributed by atoms with van der Waals surface area (Å²) in [5.74, 6) is 0.254. The van der Waals surface area contributed by atoms with Gasteiger partial charge in [-0.05, 0) is 50.3 Å². The molecule has 1 heterocycles. The van der Waals surface area contributed by atoms with Crippen molar-refractivity contribution in [2.75, 3.05) is 7.11 Å². The van der Waals surface area contributed by atoms with Crippen LogP contribution in [0.25, 0.3) is 11.1 Å². The van der Waals surface area contributed by atoms with E-state index >= 15 is 0 Å². The van der Waals surface area contributed by atoms with Crippen molar-refractivity contribution in [3.63, 3.8) is 0 Å². The first kappa shape index (κ1) is 18.0. The summed E-state index contributed by atoms with van der Waals surface area (Å²) in [5.41, 5.74) is 4.21. The number of aromatic hydroxyl groups is 2. The first-order valence-corrected chi connectivity index (χ1v) is 8.65. The van der Waals surface area contributed by atoms with E-state index in [9.17, 15) is 10.2 Å². The summed E-state index contributed by atoms with van der Waals surface area (Å²) < 4.78 is 4.96. The van der Waals surface area contributed by atoms with E-state index < -0.39 is 0 Å². The van der Waals surface area contributed by atoms with Crippen LogP contribution in [0.5, 0.6) is 17.5 Å². The molecule has 0 spiro atoms. The van der Waals surface area contributed by atoms with Gasteiger partial charge in [0, 0.05) is 29.4 Å². The summed E-state index contributed by atoms with van der Waals surface area (Å²) in [4.78, 5) is 8.15. The average molecular weight is 352 g/mol. The first-order valence-electron chi connectivity index (χ1n) is 8.65. The Morgan fingerprint density at radius 3 is 2.31 bits per heavy atom. The Kier molecular flexibility index (Phi) is 4.98. The number of ether oxygens (including phenoxy) is 1. The molecule has 0 saturated heterocycles. The molecular weight excluding hydrogens is 328 g/mol. The molecule has 0 unspecified atom stereocenters. The van der Waals surface area contributed by atoms with Crippen LogP contribution in [0.3, 0.4) is 0 Å². The van der Waals surface area contributed by atoms with Crippen molar-refractivity contribution < 1.29 is 14.9 Å². The van der Waals surface area contributed by atoms with Crippen molar-refractivity contribution in [3.05, 3.63) is 53.9 Å². The van der Waals surface area contributed by atoms with Gasteiger partial charge >= 0.3 is 6.01 Å². The highest BCUT2D eigenvalue weighted by Crippen LogP contribution is 2.47. The van der Waals surface area contributed by atoms with E-state index in [0.29, 0.717) is 16.7 Å². The van der Waals surface area contributed by atoms with Gasteiger partial charge in [0.2, 0.25) is 0 Å². The zero-order valence-corrected chi connectivity index (χ0v) is 15.4. The predicted molar refractivity (Wildman–Crippen MR) is 101 cm³/mol. The van der Waals surface area contributed by atoms with Gasteiger partial charge in [-0.2, -0.15) is 0 Å². The minimum Gasteiger partial charge on any atom is -0.507 e. The van der Waals surface area contributed by atoms with E-state index in [1.54, 1.807) is 24.5 Å². The van der Waals surface area contributed by atoms with E-state index in [1.807, 2.05) is 6.92 Å². The number of hydrogen-bond donors (Lipinski definition) is 2. The summed E-state index contributed by atoms with van der Waals surface area (Å²) in [6, 6.07) is 3.56. The van der Waals surface area contributed by atoms with Gasteiger partial charge in [-0.3, -0.25) is 0 Å². The average Bonchev–Trinajstić information content (AvgIpc) is 2.61. The lowest BCUT2D eigenvalue weighted by Crippen LogP contribution is -2.17. The number of phenolic OH excluding ortho intramolecular Hbond substituents is 2. The molecule has 0 aliphatic heterocycles. The van der Waals surface area contributed by atoms with Gasteiger partial charge in [-0.1, -0.05) is 23.8 Å². The first-order chi connectivity index (χ1) is 12.4. The Morgan fingerprint density at radius 1 is 1.15 bits per heavy atom. The summed E-state index contributed by atoms with van der Waals surface area (Å²) >= 11 is 0. The summed E-state index contributed by atoms with van der Waals surface area (Å²) in [6.45, 7) is 8.18. The fraction of sp³-hybridized carbons (Fsp3) is 0.333. The zero-order chi connectivity index (χ0) is 18.8. The summed E-state index contributed by atoms with van der Waals surface area (Å²) in [6.07, 6.45) is 7.31. The molecule has 2 N–H and O–H groups in total. The van der Waals surface area contributed by atoms with Gasteiger partial charge in [0.1, 0.15) is 11.5 Å². The van der Waals surface area contributed by atoms with Crippen molar-refractivity contribution in [1.29, 1.82) is 0 Å². The van der Waals surface area contributed by atoms with Crippen molar-refractivity contribution in [2.45, 2.75) is 32.6 Å². The lowest BCUT2D eigenvalue weighted by atomic mass is 9.73. The van der Waals surface area contributed by atoms with Crippen LogP contribution in [-0.4, -0.2) is 27.3 Å². The van der Waals surface area contributed by atoms with E-state index in [2.05, 4.69) is 29.5 Å². The van der Waals surface area contributed by atoms with Gasteiger partial charge in [0.05, 0.1) is 7.11 Å². The standard InChI is InChI=1S/C21H24N2O3/c1-12(2)16-6-5-13(3)7-17(16)20-18(24)8-14(9-19(20)25)15-10-22-21(26-4)23-11-15/h7-11,16-17,24-25H,1,5-6H2,2-4H3/t16-,17+/m0/s1. The van der Waals surface area contributed by atoms with Crippen LogP contribution in [0.15, 0.2) is 48.3 Å². The van der Waals surface area contributed by atoms with Gasteiger partial charge in [0.15, 0.2) is 0 Å². The summed E-state index contributed by atoms with van der Waals surface area (Å²) in [7, 11) is 1.50. The highest BCUT2D eigenvalue weighted by molar-refractivity contribution is 5.68. The normalized spacial score (nSPS) is 19.7. The Morgan fingerprint density at radius 2 is 1.77 bits per heavy atom. The molecule has 3 rings (SSSR count). The molecule has 5 heteroatoms. The number of methoxy groups -OCH3 is 1. The van der Waals surface area contributed by atoms with Crippen LogP contribution in [0, 0.1) is 5.92 Å². The molecule has 26 heavy (non-hydrogen) atoms. The van der Waals surface area contributed by atoms with Crippen LogP contribution >= 0.6 is 0 Å². The van der Waals surface area contributed by atoms with Crippen molar-refractivity contribution in [1.82, 2.24) is 9.97 Å². The van der Waals surface area contributed by atoms with Crippen LogP contribution < -0.4 is 4.74 Å². The van der Waals surface area contributed by atoms with Crippen LogP contribution in [0.2, 0.25) is 0 Å². The second-order valence-corrected chi connectivity index (χ2v) is 6.92. The van der Waals surface area contributed by atoms with E-state index in [1.165, 1.54) is 12.7 Å². The second-order valence-electron chi connectivity index (χ2n) is 6.92. The monoisotopic (exact) mass is 352 g/mol. The highest BCUT2D eigenvalue weighted by Gasteiger charge is 2.30. The molecule has 1 aliphatic rings. The van der Waals surface area contributed by atoms with Gasteiger partial charge in [-0.25, -0.2) is 9.97 Å². The fourth-order valence-corrected chi connectivity index (χ4v) is 3.61. The zero-order valence-electron chi connectivity index (χ0n) is 15.4. The smallest absolute Gasteiger partial charge is 0.316 e. The molecule has 2 atom stereocenters. The van der Waals surface area contributed by atoms with Gasteiger partial charge in [-0.15, -0.1) is 0 Å². The molecular formula is C21H24N2O3. The third-order valence-corrected chi connectivity index (χ3v) is 4.99. The topological polar surface area (TPSA) is 75.5 Å². The molecule has 1 aromatic carbocycles. The molecule has 0 bridgehead atoms. The maximum absolute atomic E-state index is 10.7. The maximum Gasteiger partial charge on any atom is 0.316 e. The lowest BCUT2D eigenvalue weighted by Gasteiger charge is -2.31. The SMILES string of the molecule is C=C(C)[C@@H]1CCC(C)=C[C@H]1c1c(O)cc(-c2cnc(OC)nc2)cc1O.